The van der Waals surface area contributed by atoms with E-state index in [4.69, 9.17) is 10.5 Å². The van der Waals surface area contributed by atoms with Crippen molar-refractivity contribution in [1.29, 1.82) is 0 Å². The van der Waals surface area contributed by atoms with Gasteiger partial charge in [-0.05, 0) is 25.3 Å². The lowest BCUT2D eigenvalue weighted by Crippen LogP contribution is -2.38. The molecular weight excluding hydrogens is 256 g/mol. The van der Waals surface area contributed by atoms with Crippen LogP contribution in [-0.4, -0.2) is 46.9 Å². The van der Waals surface area contributed by atoms with E-state index in [1.54, 1.807) is 0 Å². The number of unbranched alkanes of at least 4 members (excludes halogenated alkanes) is 1. The number of carbonyl (C=O) groups excluding carboxylic acids is 1. The minimum absolute atomic E-state index is 0.111. The highest BCUT2D eigenvalue weighted by Gasteiger charge is 2.22. The van der Waals surface area contributed by atoms with Gasteiger partial charge in [0.05, 0.1) is 19.2 Å². The molecule has 0 radical (unpaired) electrons. The van der Waals surface area contributed by atoms with Gasteiger partial charge in [0, 0.05) is 19.3 Å². The third kappa shape index (κ3) is 4.23. The minimum atomic E-state index is -0.111. The van der Waals surface area contributed by atoms with Gasteiger partial charge in [0.2, 0.25) is 0 Å². The number of ether oxygens (including phenoxy) is 1. The monoisotopic (exact) mass is 280 g/mol. The highest BCUT2D eigenvalue weighted by molar-refractivity contribution is 5.71. The maximum Gasteiger partial charge on any atom is 0.320 e. The van der Waals surface area contributed by atoms with E-state index in [0.717, 1.165) is 38.8 Å². The zero-order valence-corrected chi connectivity index (χ0v) is 12.1. The molecule has 0 spiro atoms. The predicted molar refractivity (Wildman–Crippen MR) is 77.2 cm³/mol. The highest BCUT2D eigenvalue weighted by atomic mass is 16.5. The number of aromatic nitrogens is 2. The Labute approximate surface area is 119 Å². The maximum atomic E-state index is 11.6. The number of piperidine rings is 1. The third-order valence-corrected chi connectivity index (χ3v) is 3.67. The number of anilines is 1. The highest BCUT2D eigenvalue weighted by Crippen LogP contribution is 2.22. The summed E-state index contributed by atoms with van der Waals surface area (Å²) in [5, 5.41) is 4.25. The van der Waals surface area contributed by atoms with Crippen molar-refractivity contribution in [2.45, 2.75) is 38.6 Å². The Bertz CT molecular complexity index is 425. The van der Waals surface area contributed by atoms with Crippen molar-refractivity contribution >= 4 is 11.8 Å². The van der Waals surface area contributed by atoms with Crippen LogP contribution >= 0.6 is 0 Å². The molecule has 0 bridgehead atoms. The topological polar surface area (TPSA) is 73.4 Å². The Kier molecular flexibility index (Phi) is 5.40. The summed E-state index contributed by atoms with van der Waals surface area (Å²) < 4.78 is 7.12. The van der Waals surface area contributed by atoms with E-state index < -0.39 is 0 Å². The molecular formula is C14H24N4O2. The van der Waals surface area contributed by atoms with E-state index in [9.17, 15) is 4.79 Å². The maximum absolute atomic E-state index is 11.6. The van der Waals surface area contributed by atoms with Crippen LogP contribution in [0.5, 0.6) is 0 Å². The van der Waals surface area contributed by atoms with Gasteiger partial charge in [0.1, 0.15) is 5.82 Å². The molecule has 6 nitrogen and oxygen atoms in total. The molecule has 0 saturated carbocycles. The van der Waals surface area contributed by atoms with Crippen LogP contribution in [0.3, 0.4) is 0 Å². The molecule has 2 rings (SSSR count). The fourth-order valence-electron chi connectivity index (χ4n) is 2.46. The largest absolute Gasteiger partial charge is 0.465 e. The van der Waals surface area contributed by atoms with Crippen molar-refractivity contribution < 1.29 is 9.53 Å². The van der Waals surface area contributed by atoms with Gasteiger partial charge in [0.25, 0.3) is 0 Å². The number of rotatable bonds is 6. The lowest BCUT2D eigenvalue weighted by atomic mass is 10.1. The van der Waals surface area contributed by atoms with E-state index in [1.165, 1.54) is 0 Å². The van der Waals surface area contributed by atoms with Crippen molar-refractivity contribution in [2.75, 3.05) is 32.0 Å². The van der Waals surface area contributed by atoms with Gasteiger partial charge in [-0.2, -0.15) is 5.10 Å². The summed E-state index contributed by atoms with van der Waals surface area (Å²) in [6.45, 7) is 4.82. The molecule has 2 N–H and O–H groups in total. The van der Waals surface area contributed by atoms with Crippen LogP contribution in [0.15, 0.2) is 12.3 Å². The average molecular weight is 280 g/mol. The minimum Gasteiger partial charge on any atom is -0.465 e. The summed E-state index contributed by atoms with van der Waals surface area (Å²) in [7, 11) is 0. The Balaban J connectivity index is 1.70. The molecule has 1 fully saturated rings. The van der Waals surface area contributed by atoms with E-state index in [2.05, 4.69) is 16.9 Å². The molecule has 0 aliphatic carbocycles. The lowest BCUT2D eigenvalue weighted by molar-refractivity contribution is -0.145. The molecule has 112 valence electrons. The molecule has 1 aliphatic rings. The molecule has 0 aromatic carbocycles. The number of hydrogen-bond donors (Lipinski definition) is 1. The Hall–Kier alpha value is -1.56. The second-order valence-corrected chi connectivity index (χ2v) is 5.30. The number of nitrogen functional groups attached to an aromatic ring is 1. The van der Waals surface area contributed by atoms with Crippen LogP contribution in [0.1, 0.15) is 38.6 Å². The van der Waals surface area contributed by atoms with Gasteiger partial charge in [-0.25, -0.2) is 0 Å². The van der Waals surface area contributed by atoms with Gasteiger partial charge >= 0.3 is 5.97 Å². The second-order valence-electron chi connectivity index (χ2n) is 5.30. The first-order valence-corrected chi connectivity index (χ1v) is 7.37. The van der Waals surface area contributed by atoms with Gasteiger partial charge < -0.3 is 10.5 Å². The molecule has 20 heavy (non-hydrogen) atoms. The average Bonchev–Trinajstić information content (AvgIpc) is 2.86. The molecule has 0 amide bonds. The van der Waals surface area contributed by atoms with Gasteiger partial charge in [0.15, 0.2) is 0 Å². The van der Waals surface area contributed by atoms with E-state index >= 15 is 0 Å². The number of carbonyl (C=O) groups is 1. The summed E-state index contributed by atoms with van der Waals surface area (Å²) in [6, 6.07) is 2.21. The molecule has 1 aromatic heterocycles. The van der Waals surface area contributed by atoms with Crippen LogP contribution in [0, 0.1) is 0 Å². The summed E-state index contributed by atoms with van der Waals surface area (Å²) in [5.41, 5.74) is 5.63. The predicted octanol–water partition coefficient (Wildman–Crippen LogP) is 1.45. The van der Waals surface area contributed by atoms with Crippen LogP contribution in [0.4, 0.5) is 5.82 Å². The number of nitrogens with two attached hydrogens (primary N) is 1. The van der Waals surface area contributed by atoms with E-state index in [1.807, 2.05) is 16.9 Å². The first-order valence-electron chi connectivity index (χ1n) is 7.37. The van der Waals surface area contributed by atoms with Gasteiger partial charge in [-0.15, -0.1) is 0 Å². The summed E-state index contributed by atoms with van der Waals surface area (Å²) in [4.78, 5) is 13.8. The fourth-order valence-corrected chi connectivity index (χ4v) is 2.46. The SMILES string of the molecule is CCCCOC(=O)CN1CCC(n2ccc(N)n2)CC1. The van der Waals surface area contributed by atoms with E-state index in [0.29, 0.717) is 25.0 Å². The van der Waals surface area contributed by atoms with Gasteiger partial charge in [-0.3, -0.25) is 14.4 Å². The Morgan fingerprint density at radius 2 is 2.25 bits per heavy atom. The first-order chi connectivity index (χ1) is 9.69. The fraction of sp³-hybridized carbons (Fsp3) is 0.714. The smallest absolute Gasteiger partial charge is 0.320 e. The molecule has 2 heterocycles. The summed E-state index contributed by atoms with van der Waals surface area (Å²) >= 11 is 0. The standard InChI is InChI=1S/C14H24N4O2/c1-2-3-10-20-14(19)11-17-7-4-12(5-8-17)18-9-6-13(15)16-18/h6,9,12H,2-5,7-8,10-11H2,1H3,(H2,15,16). The number of nitrogens with zero attached hydrogens (tertiary/aromatic N) is 3. The van der Waals surface area contributed by atoms with Crippen molar-refractivity contribution in [3.8, 4) is 0 Å². The first kappa shape index (κ1) is 14.8. The van der Waals surface area contributed by atoms with Crippen LogP contribution < -0.4 is 5.73 Å². The summed E-state index contributed by atoms with van der Waals surface area (Å²) in [5.74, 6) is 0.451. The Morgan fingerprint density at radius 3 is 2.85 bits per heavy atom. The van der Waals surface area contributed by atoms with Crippen molar-refractivity contribution in [2.24, 2.45) is 0 Å². The van der Waals surface area contributed by atoms with Gasteiger partial charge in [-0.1, -0.05) is 13.3 Å². The van der Waals surface area contributed by atoms with Crippen LogP contribution in [-0.2, 0) is 9.53 Å². The molecule has 0 atom stereocenters. The quantitative estimate of drug-likeness (QED) is 0.630. The number of likely N-dealkylation sites (tertiary alicyclic amines) is 1. The number of hydrogen-bond acceptors (Lipinski definition) is 5. The second kappa shape index (κ2) is 7.28. The molecule has 0 unspecified atom stereocenters. The van der Waals surface area contributed by atoms with Crippen LogP contribution in [0.2, 0.25) is 0 Å². The molecule has 1 aromatic rings. The zero-order chi connectivity index (χ0) is 14.4. The van der Waals surface area contributed by atoms with Crippen LogP contribution in [0.25, 0.3) is 0 Å². The molecule has 6 heteroatoms. The molecule has 1 saturated heterocycles. The normalized spacial score (nSPS) is 17.2. The van der Waals surface area contributed by atoms with Crippen molar-refractivity contribution in [3.63, 3.8) is 0 Å². The van der Waals surface area contributed by atoms with Crippen molar-refractivity contribution in [1.82, 2.24) is 14.7 Å². The number of esters is 1. The zero-order valence-electron chi connectivity index (χ0n) is 12.1. The Morgan fingerprint density at radius 1 is 1.50 bits per heavy atom. The third-order valence-electron chi connectivity index (χ3n) is 3.67. The van der Waals surface area contributed by atoms with E-state index in [-0.39, 0.29) is 5.97 Å². The van der Waals surface area contributed by atoms with Crippen molar-refractivity contribution in [3.05, 3.63) is 12.3 Å². The summed E-state index contributed by atoms with van der Waals surface area (Å²) in [6.07, 6.45) is 5.89. The lowest BCUT2D eigenvalue weighted by Gasteiger charge is -2.31. The molecule has 1 aliphatic heterocycles.